The summed E-state index contributed by atoms with van der Waals surface area (Å²) in [5.74, 6) is -0.178. The fourth-order valence-corrected chi connectivity index (χ4v) is 2.73. The van der Waals surface area contributed by atoms with Gasteiger partial charge in [-0.3, -0.25) is 4.79 Å². The first-order valence-corrected chi connectivity index (χ1v) is 8.94. The van der Waals surface area contributed by atoms with Crippen LogP contribution in [0, 0.1) is 11.8 Å². The lowest BCUT2D eigenvalue weighted by atomic mass is 9.98. The standard InChI is InChI=1S/C20H18F6O3/c1-11-17(27)7-16(28-9-12-2-3-12)8-18(11)29-10-13-4-14(19(21,22)23)6-15(5-13)20(24,25)26/h4-8,11-12H,2-3,9-10H2,1H3. The summed E-state index contributed by atoms with van der Waals surface area (Å²) in [6.45, 7) is 1.43. The highest BCUT2D eigenvalue weighted by Gasteiger charge is 2.37. The molecule has 3 nitrogen and oxygen atoms in total. The van der Waals surface area contributed by atoms with Gasteiger partial charge in [-0.05, 0) is 49.4 Å². The van der Waals surface area contributed by atoms with E-state index in [1.165, 1.54) is 19.1 Å². The summed E-state index contributed by atoms with van der Waals surface area (Å²) >= 11 is 0. The van der Waals surface area contributed by atoms with Crippen molar-refractivity contribution in [2.24, 2.45) is 11.8 Å². The second kappa shape index (κ2) is 7.76. The van der Waals surface area contributed by atoms with Gasteiger partial charge in [-0.2, -0.15) is 26.3 Å². The lowest BCUT2D eigenvalue weighted by Gasteiger charge is -2.21. The molecule has 0 bridgehead atoms. The van der Waals surface area contributed by atoms with E-state index in [9.17, 15) is 31.1 Å². The molecule has 0 heterocycles. The Bertz CT molecular complexity index is 815. The van der Waals surface area contributed by atoms with Crippen molar-refractivity contribution in [2.45, 2.75) is 38.7 Å². The number of ketones is 1. The van der Waals surface area contributed by atoms with Crippen LogP contribution in [0.1, 0.15) is 36.5 Å². The lowest BCUT2D eigenvalue weighted by Crippen LogP contribution is -2.19. The maximum atomic E-state index is 13.0. The van der Waals surface area contributed by atoms with E-state index in [1.807, 2.05) is 0 Å². The van der Waals surface area contributed by atoms with Gasteiger partial charge in [-0.25, -0.2) is 0 Å². The molecule has 29 heavy (non-hydrogen) atoms. The van der Waals surface area contributed by atoms with Crippen LogP contribution in [-0.2, 0) is 33.2 Å². The minimum Gasteiger partial charge on any atom is -0.493 e. The third-order valence-corrected chi connectivity index (χ3v) is 4.66. The number of rotatable bonds is 6. The van der Waals surface area contributed by atoms with Crippen molar-refractivity contribution in [3.8, 4) is 0 Å². The predicted octanol–water partition coefficient (Wildman–Crippen LogP) is 5.65. The Morgan fingerprint density at radius 3 is 2.03 bits per heavy atom. The van der Waals surface area contributed by atoms with Crippen molar-refractivity contribution in [1.82, 2.24) is 0 Å². The first-order valence-electron chi connectivity index (χ1n) is 8.94. The third-order valence-electron chi connectivity index (χ3n) is 4.66. The van der Waals surface area contributed by atoms with E-state index in [0.717, 1.165) is 12.8 Å². The normalized spacial score (nSPS) is 20.2. The summed E-state index contributed by atoms with van der Waals surface area (Å²) < 4.78 is 88.7. The summed E-state index contributed by atoms with van der Waals surface area (Å²) in [4.78, 5) is 12.1. The molecule has 3 rings (SSSR count). The summed E-state index contributed by atoms with van der Waals surface area (Å²) in [5, 5.41) is 0. The highest BCUT2D eigenvalue weighted by Crippen LogP contribution is 2.37. The summed E-state index contributed by atoms with van der Waals surface area (Å²) in [7, 11) is 0. The number of hydrogen-bond acceptors (Lipinski definition) is 3. The van der Waals surface area contributed by atoms with E-state index >= 15 is 0 Å². The molecular formula is C20H18F6O3. The van der Waals surface area contributed by atoms with Crippen LogP contribution in [0.4, 0.5) is 26.3 Å². The van der Waals surface area contributed by atoms with Gasteiger partial charge in [0.2, 0.25) is 0 Å². The number of halogens is 6. The average molecular weight is 420 g/mol. The van der Waals surface area contributed by atoms with Gasteiger partial charge < -0.3 is 9.47 Å². The molecule has 1 fully saturated rings. The van der Waals surface area contributed by atoms with Crippen LogP contribution in [0.25, 0.3) is 0 Å². The molecule has 0 spiro atoms. The van der Waals surface area contributed by atoms with Gasteiger partial charge in [0.25, 0.3) is 0 Å². The number of ether oxygens (including phenoxy) is 2. The maximum Gasteiger partial charge on any atom is 0.416 e. The fourth-order valence-electron chi connectivity index (χ4n) is 2.73. The zero-order chi connectivity index (χ0) is 21.4. The van der Waals surface area contributed by atoms with Gasteiger partial charge in [-0.1, -0.05) is 0 Å². The van der Waals surface area contributed by atoms with Crippen LogP contribution in [0.2, 0.25) is 0 Å². The van der Waals surface area contributed by atoms with E-state index in [0.29, 0.717) is 24.7 Å². The number of benzene rings is 1. The summed E-state index contributed by atoms with van der Waals surface area (Å²) in [5.41, 5.74) is -3.13. The lowest BCUT2D eigenvalue weighted by molar-refractivity contribution is -0.143. The van der Waals surface area contributed by atoms with Gasteiger partial charge in [0.1, 0.15) is 18.1 Å². The van der Waals surface area contributed by atoms with Crippen LogP contribution in [0.5, 0.6) is 0 Å². The van der Waals surface area contributed by atoms with Crippen LogP contribution >= 0.6 is 0 Å². The monoisotopic (exact) mass is 420 g/mol. The Morgan fingerprint density at radius 2 is 1.52 bits per heavy atom. The van der Waals surface area contributed by atoms with E-state index in [-0.39, 0.29) is 28.9 Å². The number of hydrogen-bond donors (Lipinski definition) is 0. The largest absolute Gasteiger partial charge is 0.493 e. The Labute approximate surface area is 163 Å². The van der Waals surface area contributed by atoms with Gasteiger partial charge in [0.15, 0.2) is 5.78 Å². The molecule has 9 heteroatoms. The molecule has 1 saturated carbocycles. The van der Waals surface area contributed by atoms with Gasteiger partial charge in [-0.15, -0.1) is 0 Å². The number of carbonyl (C=O) groups excluding carboxylic acids is 1. The highest BCUT2D eigenvalue weighted by molar-refractivity contribution is 5.95. The fraction of sp³-hybridized carbons (Fsp3) is 0.450. The molecule has 2 aliphatic carbocycles. The van der Waals surface area contributed by atoms with Crippen molar-refractivity contribution >= 4 is 5.78 Å². The molecule has 1 atom stereocenters. The smallest absolute Gasteiger partial charge is 0.416 e. The predicted molar refractivity (Wildman–Crippen MR) is 90.2 cm³/mol. The maximum absolute atomic E-state index is 13.0. The molecule has 0 radical (unpaired) electrons. The van der Waals surface area contributed by atoms with E-state index < -0.39 is 36.0 Å². The number of carbonyl (C=O) groups is 1. The minimum absolute atomic E-state index is 0.0576. The van der Waals surface area contributed by atoms with Crippen molar-refractivity contribution in [3.63, 3.8) is 0 Å². The minimum atomic E-state index is -4.93. The zero-order valence-electron chi connectivity index (χ0n) is 15.4. The van der Waals surface area contributed by atoms with E-state index in [4.69, 9.17) is 9.47 Å². The van der Waals surface area contributed by atoms with Crippen LogP contribution in [-0.4, -0.2) is 12.4 Å². The first kappa shape index (κ1) is 21.3. The van der Waals surface area contributed by atoms with Crippen molar-refractivity contribution in [3.05, 3.63) is 58.6 Å². The Hall–Kier alpha value is -2.45. The SMILES string of the molecule is CC1C(=O)C=C(OCC2CC2)C=C1OCc1cc(C(F)(F)F)cc(C(F)(F)F)c1. The molecule has 2 aliphatic rings. The van der Waals surface area contributed by atoms with E-state index in [2.05, 4.69) is 0 Å². The molecule has 1 aromatic carbocycles. The second-order valence-electron chi connectivity index (χ2n) is 7.17. The number of alkyl halides is 6. The first-order chi connectivity index (χ1) is 13.4. The Morgan fingerprint density at radius 1 is 0.931 bits per heavy atom. The molecule has 0 N–H and O–H groups in total. The second-order valence-corrected chi connectivity index (χ2v) is 7.17. The molecule has 0 saturated heterocycles. The average Bonchev–Trinajstić information content (AvgIpc) is 3.44. The molecule has 0 aromatic heterocycles. The van der Waals surface area contributed by atoms with Gasteiger partial charge in [0, 0.05) is 12.2 Å². The van der Waals surface area contributed by atoms with Crippen LogP contribution < -0.4 is 0 Å². The van der Waals surface area contributed by atoms with Crippen LogP contribution in [0.3, 0.4) is 0 Å². The highest BCUT2D eigenvalue weighted by atomic mass is 19.4. The van der Waals surface area contributed by atoms with E-state index in [1.54, 1.807) is 0 Å². The van der Waals surface area contributed by atoms with Crippen molar-refractivity contribution in [1.29, 1.82) is 0 Å². The molecular weight excluding hydrogens is 402 g/mol. The topological polar surface area (TPSA) is 35.5 Å². The number of allylic oxidation sites excluding steroid dienone is 3. The molecule has 158 valence electrons. The van der Waals surface area contributed by atoms with Crippen molar-refractivity contribution < 1.29 is 40.6 Å². The molecule has 0 amide bonds. The van der Waals surface area contributed by atoms with Crippen LogP contribution in [0.15, 0.2) is 41.9 Å². The Kier molecular flexibility index (Phi) is 5.69. The molecule has 1 aromatic rings. The Balaban J connectivity index is 1.78. The van der Waals surface area contributed by atoms with Crippen molar-refractivity contribution in [2.75, 3.05) is 6.61 Å². The summed E-state index contributed by atoms with van der Waals surface area (Å²) in [6.07, 6.45) is -5.02. The van der Waals surface area contributed by atoms with Gasteiger partial charge >= 0.3 is 12.4 Å². The van der Waals surface area contributed by atoms with Gasteiger partial charge in [0.05, 0.1) is 23.7 Å². The quantitative estimate of drug-likeness (QED) is 0.558. The molecule has 1 unspecified atom stereocenters. The summed E-state index contributed by atoms with van der Waals surface area (Å²) in [6, 6.07) is 1.26. The molecule has 0 aliphatic heterocycles. The third kappa shape index (κ3) is 5.55. The zero-order valence-corrected chi connectivity index (χ0v) is 15.4.